The Morgan fingerprint density at radius 3 is 2.93 bits per heavy atom. The highest BCUT2D eigenvalue weighted by Gasteiger charge is 2.17. The van der Waals surface area contributed by atoms with Crippen molar-refractivity contribution in [2.45, 2.75) is 20.4 Å². The number of esters is 1. The van der Waals surface area contributed by atoms with E-state index in [2.05, 4.69) is 10.1 Å². The number of ether oxygens (including phenoxy) is 1. The molecule has 0 radical (unpaired) electrons. The van der Waals surface area contributed by atoms with Crippen molar-refractivity contribution in [3.05, 3.63) is 57.0 Å². The number of hydrogen-bond acceptors (Lipinski definition) is 6. The number of aromatic nitrogens is 4. The van der Waals surface area contributed by atoms with Crippen LogP contribution in [0, 0.1) is 6.92 Å². The number of carbonyl (C=O) groups excluding carboxylic acids is 1. The third-order valence-corrected chi connectivity index (χ3v) is 5.40. The SMILES string of the molecule is CCOC(=O)c1cccc(Cn2ncc3c4sc(C)nc4n(C)c3c2=O)c1. The highest BCUT2D eigenvalue weighted by molar-refractivity contribution is 7.19. The molecule has 0 saturated heterocycles. The van der Waals surface area contributed by atoms with Gasteiger partial charge in [0.2, 0.25) is 0 Å². The number of nitrogens with zero attached hydrogens (tertiary/aromatic N) is 4. The Bertz CT molecular complexity index is 1240. The van der Waals surface area contributed by atoms with Gasteiger partial charge in [-0.3, -0.25) is 4.79 Å². The molecule has 0 bridgehead atoms. The van der Waals surface area contributed by atoms with E-state index >= 15 is 0 Å². The van der Waals surface area contributed by atoms with Crippen molar-refractivity contribution in [3.8, 4) is 0 Å². The van der Waals surface area contributed by atoms with Gasteiger partial charge in [-0.1, -0.05) is 12.1 Å². The highest BCUT2D eigenvalue weighted by Crippen LogP contribution is 2.30. The molecule has 0 saturated carbocycles. The topological polar surface area (TPSA) is 79.0 Å². The van der Waals surface area contributed by atoms with Crippen molar-refractivity contribution >= 4 is 38.6 Å². The zero-order valence-electron chi connectivity index (χ0n) is 15.2. The molecule has 0 aliphatic heterocycles. The lowest BCUT2D eigenvalue weighted by Crippen LogP contribution is -2.24. The number of fused-ring (bicyclic) bond motifs is 3. The first kappa shape index (κ1) is 17.4. The average molecular weight is 382 g/mol. The van der Waals surface area contributed by atoms with Crippen LogP contribution in [0.25, 0.3) is 21.3 Å². The van der Waals surface area contributed by atoms with Gasteiger partial charge in [0.05, 0.1) is 34.6 Å². The Morgan fingerprint density at radius 2 is 2.15 bits per heavy atom. The fraction of sp³-hybridized carbons (Fsp3) is 0.263. The van der Waals surface area contributed by atoms with Crippen LogP contribution in [0.2, 0.25) is 0 Å². The second kappa shape index (κ2) is 6.62. The maximum atomic E-state index is 13.0. The quantitative estimate of drug-likeness (QED) is 0.507. The summed E-state index contributed by atoms with van der Waals surface area (Å²) in [7, 11) is 1.84. The molecule has 0 aliphatic rings. The molecule has 7 nitrogen and oxygen atoms in total. The van der Waals surface area contributed by atoms with Crippen LogP contribution in [-0.4, -0.2) is 31.9 Å². The molecule has 3 aromatic heterocycles. The molecule has 0 unspecified atom stereocenters. The van der Waals surface area contributed by atoms with Crippen LogP contribution < -0.4 is 5.56 Å². The van der Waals surface area contributed by atoms with Gasteiger partial charge in [-0.15, -0.1) is 11.3 Å². The molecule has 0 spiro atoms. The fourth-order valence-corrected chi connectivity index (χ4v) is 4.15. The molecule has 3 heterocycles. The van der Waals surface area contributed by atoms with Gasteiger partial charge >= 0.3 is 5.97 Å². The first-order valence-corrected chi connectivity index (χ1v) is 9.39. The third kappa shape index (κ3) is 2.91. The molecular formula is C19H18N4O3S. The lowest BCUT2D eigenvalue weighted by atomic mass is 10.1. The number of thiazole rings is 1. The first-order valence-electron chi connectivity index (χ1n) is 8.57. The summed E-state index contributed by atoms with van der Waals surface area (Å²) in [6.07, 6.45) is 1.71. The van der Waals surface area contributed by atoms with Crippen LogP contribution >= 0.6 is 11.3 Å². The summed E-state index contributed by atoms with van der Waals surface area (Å²) in [6.45, 7) is 4.30. The second-order valence-corrected chi connectivity index (χ2v) is 7.44. The van der Waals surface area contributed by atoms with E-state index in [1.165, 1.54) is 4.68 Å². The molecule has 0 aliphatic carbocycles. The number of aryl methyl sites for hydroxylation is 2. The maximum Gasteiger partial charge on any atom is 0.338 e. The van der Waals surface area contributed by atoms with Crippen LogP contribution in [0.5, 0.6) is 0 Å². The molecule has 0 amide bonds. The first-order chi connectivity index (χ1) is 13.0. The van der Waals surface area contributed by atoms with Gasteiger partial charge in [-0.2, -0.15) is 5.10 Å². The summed E-state index contributed by atoms with van der Waals surface area (Å²) >= 11 is 1.56. The van der Waals surface area contributed by atoms with E-state index in [4.69, 9.17) is 4.74 Å². The third-order valence-electron chi connectivity index (χ3n) is 4.40. The van der Waals surface area contributed by atoms with Gasteiger partial charge in [-0.25, -0.2) is 14.5 Å². The standard InChI is InChI=1S/C19H18N4O3S/c1-4-26-19(25)13-7-5-6-12(8-13)10-23-18(24)15-14(9-20-23)16-17(22(15)3)21-11(2)27-16/h5-9H,4,10H2,1-3H3. The van der Waals surface area contributed by atoms with Crippen molar-refractivity contribution in [2.24, 2.45) is 7.05 Å². The van der Waals surface area contributed by atoms with Crippen LogP contribution in [0.1, 0.15) is 27.9 Å². The molecule has 4 rings (SSSR count). The Morgan fingerprint density at radius 1 is 1.33 bits per heavy atom. The number of benzene rings is 1. The second-order valence-electron chi connectivity index (χ2n) is 6.24. The lowest BCUT2D eigenvalue weighted by molar-refractivity contribution is 0.0526. The fourth-order valence-electron chi connectivity index (χ4n) is 3.19. The lowest BCUT2D eigenvalue weighted by Gasteiger charge is -2.07. The Hall–Kier alpha value is -3.00. The average Bonchev–Trinajstić information content (AvgIpc) is 3.15. The van der Waals surface area contributed by atoms with Crippen molar-refractivity contribution in [1.82, 2.24) is 19.3 Å². The van der Waals surface area contributed by atoms with E-state index in [1.807, 2.05) is 24.6 Å². The van der Waals surface area contributed by atoms with E-state index in [1.54, 1.807) is 42.7 Å². The van der Waals surface area contributed by atoms with Crippen molar-refractivity contribution in [1.29, 1.82) is 0 Å². The summed E-state index contributed by atoms with van der Waals surface area (Å²) < 4.78 is 9.24. The van der Waals surface area contributed by atoms with E-state index in [-0.39, 0.29) is 18.1 Å². The Kier molecular flexibility index (Phi) is 4.27. The number of carbonyl (C=O) groups is 1. The summed E-state index contributed by atoms with van der Waals surface area (Å²) in [5.41, 5.74) is 2.47. The van der Waals surface area contributed by atoms with Crippen molar-refractivity contribution in [3.63, 3.8) is 0 Å². The monoisotopic (exact) mass is 382 g/mol. The predicted molar refractivity (Wildman–Crippen MR) is 104 cm³/mol. The maximum absolute atomic E-state index is 13.0. The molecule has 138 valence electrons. The molecule has 0 fully saturated rings. The summed E-state index contributed by atoms with van der Waals surface area (Å²) in [4.78, 5) is 29.4. The van der Waals surface area contributed by atoms with Gasteiger partial charge in [0.1, 0.15) is 5.52 Å². The Balaban J connectivity index is 1.76. The molecule has 8 heteroatoms. The molecule has 0 N–H and O–H groups in total. The van der Waals surface area contributed by atoms with Crippen LogP contribution in [0.3, 0.4) is 0 Å². The summed E-state index contributed by atoms with van der Waals surface area (Å²) in [5.74, 6) is -0.376. The largest absolute Gasteiger partial charge is 0.462 e. The Labute approximate surface area is 158 Å². The summed E-state index contributed by atoms with van der Waals surface area (Å²) in [6, 6.07) is 7.05. The van der Waals surface area contributed by atoms with Crippen molar-refractivity contribution < 1.29 is 9.53 Å². The van der Waals surface area contributed by atoms with Gasteiger partial charge in [0, 0.05) is 12.4 Å². The van der Waals surface area contributed by atoms with Crippen molar-refractivity contribution in [2.75, 3.05) is 6.61 Å². The minimum Gasteiger partial charge on any atom is -0.462 e. The molecular weight excluding hydrogens is 364 g/mol. The van der Waals surface area contributed by atoms with E-state index in [0.29, 0.717) is 17.7 Å². The number of hydrogen-bond donors (Lipinski definition) is 0. The molecule has 27 heavy (non-hydrogen) atoms. The van der Waals surface area contributed by atoms with Crippen LogP contribution in [-0.2, 0) is 18.3 Å². The van der Waals surface area contributed by atoms with Gasteiger partial charge in [0.25, 0.3) is 5.56 Å². The van der Waals surface area contributed by atoms with Gasteiger partial charge in [0.15, 0.2) is 5.65 Å². The molecule has 4 aromatic rings. The van der Waals surface area contributed by atoms with E-state index in [9.17, 15) is 9.59 Å². The molecule has 0 atom stereocenters. The zero-order valence-corrected chi connectivity index (χ0v) is 16.0. The van der Waals surface area contributed by atoms with E-state index < -0.39 is 0 Å². The van der Waals surface area contributed by atoms with E-state index in [0.717, 1.165) is 26.3 Å². The molecule has 1 aromatic carbocycles. The van der Waals surface area contributed by atoms with Gasteiger partial charge < -0.3 is 9.30 Å². The predicted octanol–water partition coefficient (Wildman–Crippen LogP) is 2.88. The van der Waals surface area contributed by atoms with Crippen LogP contribution in [0.4, 0.5) is 0 Å². The number of rotatable bonds is 4. The van der Waals surface area contributed by atoms with Gasteiger partial charge in [-0.05, 0) is 31.5 Å². The zero-order chi connectivity index (χ0) is 19.1. The minimum absolute atomic E-state index is 0.181. The van der Waals surface area contributed by atoms with Crippen LogP contribution in [0.15, 0.2) is 35.3 Å². The summed E-state index contributed by atoms with van der Waals surface area (Å²) in [5, 5.41) is 6.11. The normalized spacial score (nSPS) is 11.4. The smallest absolute Gasteiger partial charge is 0.338 e. The minimum atomic E-state index is -0.376. The highest BCUT2D eigenvalue weighted by atomic mass is 32.1.